The van der Waals surface area contributed by atoms with Crippen molar-refractivity contribution in [3.8, 4) is 0 Å². The molecule has 1 saturated heterocycles. The Morgan fingerprint density at radius 2 is 2.04 bits per heavy atom. The third kappa shape index (κ3) is 3.54. The maximum absolute atomic E-state index is 12.8. The van der Waals surface area contributed by atoms with Crippen molar-refractivity contribution in [1.82, 2.24) is 15.1 Å². The number of anilines is 2. The zero-order chi connectivity index (χ0) is 19.2. The summed E-state index contributed by atoms with van der Waals surface area (Å²) in [5.74, 6) is 0.276. The number of carbonyl (C=O) groups excluding carboxylic acids is 2. The van der Waals surface area contributed by atoms with E-state index in [4.69, 9.17) is 0 Å². The molecule has 3 amide bonds. The largest absolute Gasteiger partial charge is 0.336 e. The first-order valence-electron chi connectivity index (χ1n) is 9.40. The quantitative estimate of drug-likeness (QED) is 0.870. The zero-order valence-corrected chi connectivity index (χ0v) is 16.0. The maximum Gasteiger partial charge on any atom is 0.321 e. The van der Waals surface area contributed by atoms with Crippen LogP contribution in [0, 0.1) is 0 Å². The second kappa shape index (κ2) is 6.40. The Kier molecular flexibility index (Phi) is 4.17. The summed E-state index contributed by atoms with van der Waals surface area (Å²) in [6, 6.07) is 9.12. The van der Waals surface area contributed by atoms with E-state index < -0.39 is 0 Å². The van der Waals surface area contributed by atoms with Gasteiger partial charge in [0.1, 0.15) is 0 Å². The Labute approximate surface area is 158 Å². The van der Waals surface area contributed by atoms with Crippen LogP contribution in [0.5, 0.6) is 0 Å². The van der Waals surface area contributed by atoms with Gasteiger partial charge in [0, 0.05) is 36.1 Å². The molecule has 27 heavy (non-hydrogen) atoms. The van der Waals surface area contributed by atoms with Gasteiger partial charge in [0.05, 0.1) is 5.54 Å². The Hall–Kier alpha value is -2.83. The van der Waals surface area contributed by atoms with Gasteiger partial charge in [-0.3, -0.25) is 14.4 Å². The van der Waals surface area contributed by atoms with Gasteiger partial charge in [0.15, 0.2) is 5.69 Å². The molecule has 2 fully saturated rings. The van der Waals surface area contributed by atoms with Gasteiger partial charge in [-0.1, -0.05) is 6.07 Å². The molecule has 1 aromatic carbocycles. The smallest absolute Gasteiger partial charge is 0.321 e. The van der Waals surface area contributed by atoms with Crippen LogP contribution in [0.25, 0.3) is 0 Å². The molecule has 2 aromatic rings. The van der Waals surface area contributed by atoms with Gasteiger partial charge in [0.25, 0.3) is 5.91 Å². The fourth-order valence-corrected chi connectivity index (χ4v) is 3.38. The van der Waals surface area contributed by atoms with Crippen molar-refractivity contribution in [3.05, 3.63) is 41.7 Å². The molecule has 2 heterocycles. The van der Waals surface area contributed by atoms with Gasteiger partial charge < -0.3 is 10.6 Å². The second-order valence-corrected chi connectivity index (χ2v) is 8.20. The van der Waals surface area contributed by atoms with E-state index in [2.05, 4.69) is 36.5 Å². The minimum atomic E-state index is -0.233. The fourth-order valence-electron chi connectivity index (χ4n) is 3.38. The molecular weight excluding hydrogens is 342 g/mol. The summed E-state index contributed by atoms with van der Waals surface area (Å²) in [5, 5.41) is 10.3. The SMILES string of the molecule is CC(C)(C)n1nc(C(=O)Nc2cccc(N3CCNC3=O)c2)cc1C1CC1. The first kappa shape index (κ1) is 17.6. The lowest BCUT2D eigenvalue weighted by atomic mass is 10.1. The topological polar surface area (TPSA) is 79.3 Å². The minimum absolute atomic E-state index is 0.114. The average Bonchev–Trinajstić information content (AvgIpc) is 3.19. The zero-order valence-electron chi connectivity index (χ0n) is 16.0. The van der Waals surface area contributed by atoms with E-state index in [-0.39, 0.29) is 17.5 Å². The Bertz CT molecular complexity index is 892. The predicted octanol–water partition coefficient (Wildman–Crippen LogP) is 3.30. The number of aromatic nitrogens is 2. The minimum Gasteiger partial charge on any atom is -0.336 e. The fraction of sp³-hybridized carbons (Fsp3) is 0.450. The van der Waals surface area contributed by atoms with Crippen molar-refractivity contribution in [1.29, 1.82) is 0 Å². The molecule has 0 bridgehead atoms. The molecule has 1 saturated carbocycles. The summed E-state index contributed by atoms with van der Waals surface area (Å²) in [7, 11) is 0. The number of urea groups is 1. The number of amides is 3. The van der Waals surface area contributed by atoms with Gasteiger partial charge in [-0.05, 0) is 57.9 Å². The maximum atomic E-state index is 12.8. The van der Waals surface area contributed by atoms with Crippen molar-refractivity contribution < 1.29 is 9.59 Å². The molecule has 0 atom stereocenters. The van der Waals surface area contributed by atoms with Crippen molar-refractivity contribution >= 4 is 23.3 Å². The van der Waals surface area contributed by atoms with Crippen LogP contribution in [0.2, 0.25) is 0 Å². The van der Waals surface area contributed by atoms with Gasteiger partial charge in [-0.15, -0.1) is 0 Å². The van der Waals surface area contributed by atoms with E-state index in [0.717, 1.165) is 24.2 Å². The predicted molar refractivity (Wildman–Crippen MR) is 104 cm³/mol. The van der Waals surface area contributed by atoms with Crippen LogP contribution in [-0.4, -0.2) is 34.8 Å². The van der Waals surface area contributed by atoms with Crippen LogP contribution >= 0.6 is 0 Å². The van der Waals surface area contributed by atoms with E-state index in [9.17, 15) is 9.59 Å². The highest BCUT2D eigenvalue weighted by molar-refractivity contribution is 6.03. The number of rotatable bonds is 4. The standard InChI is InChI=1S/C20H25N5O2/c1-20(2,3)25-17(13-7-8-13)12-16(23-25)18(26)22-14-5-4-6-15(11-14)24-10-9-21-19(24)27/h4-6,11-13H,7-10H2,1-3H3,(H,21,27)(H,22,26). The number of nitrogens with one attached hydrogen (secondary N) is 2. The summed E-state index contributed by atoms with van der Waals surface area (Å²) in [5.41, 5.74) is 2.81. The molecule has 1 aliphatic carbocycles. The normalized spacial score (nSPS) is 17.1. The van der Waals surface area contributed by atoms with Crippen molar-refractivity contribution in [2.24, 2.45) is 0 Å². The van der Waals surface area contributed by atoms with Crippen LogP contribution in [0.4, 0.5) is 16.2 Å². The van der Waals surface area contributed by atoms with Crippen molar-refractivity contribution in [2.75, 3.05) is 23.3 Å². The third-order valence-corrected chi connectivity index (χ3v) is 4.87. The molecule has 7 heteroatoms. The van der Waals surface area contributed by atoms with Gasteiger partial charge in [-0.2, -0.15) is 5.10 Å². The van der Waals surface area contributed by atoms with E-state index in [0.29, 0.717) is 30.4 Å². The lowest BCUT2D eigenvalue weighted by molar-refractivity contribution is 0.102. The molecule has 0 radical (unpaired) electrons. The van der Waals surface area contributed by atoms with Gasteiger partial charge >= 0.3 is 6.03 Å². The Morgan fingerprint density at radius 3 is 2.67 bits per heavy atom. The van der Waals surface area contributed by atoms with Gasteiger partial charge in [-0.25, -0.2) is 4.79 Å². The molecule has 0 unspecified atom stereocenters. The van der Waals surface area contributed by atoms with Crippen LogP contribution in [0.15, 0.2) is 30.3 Å². The second-order valence-electron chi connectivity index (χ2n) is 8.20. The summed E-state index contributed by atoms with van der Waals surface area (Å²) in [4.78, 5) is 26.3. The van der Waals surface area contributed by atoms with E-state index in [1.54, 1.807) is 4.90 Å². The van der Waals surface area contributed by atoms with E-state index in [1.165, 1.54) is 0 Å². The molecule has 142 valence electrons. The number of carbonyl (C=O) groups is 2. The molecule has 4 rings (SSSR count). The number of hydrogen-bond acceptors (Lipinski definition) is 3. The number of hydrogen-bond donors (Lipinski definition) is 2. The lowest BCUT2D eigenvalue weighted by Crippen LogP contribution is -2.27. The summed E-state index contributed by atoms with van der Waals surface area (Å²) in [6.07, 6.45) is 2.31. The van der Waals surface area contributed by atoms with Crippen molar-refractivity contribution in [3.63, 3.8) is 0 Å². The highest BCUT2D eigenvalue weighted by Crippen LogP contribution is 2.41. The molecule has 1 aliphatic heterocycles. The van der Waals surface area contributed by atoms with Crippen LogP contribution in [0.3, 0.4) is 0 Å². The molecule has 1 aromatic heterocycles. The third-order valence-electron chi connectivity index (χ3n) is 4.87. The lowest BCUT2D eigenvalue weighted by Gasteiger charge is -2.22. The van der Waals surface area contributed by atoms with Crippen LogP contribution in [0.1, 0.15) is 55.7 Å². The van der Waals surface area contributed by atoms with E-state index in [1.807, 2.05) is 35.0 Å². The summed E-state index contributed by atoms with van der Waals surface area (Å²) >= 11 is 0. The first-order valence-corrected chi connectivity index (χ1v) is 9.40. The summed E-state index contributed by atoms with van der Waals surface area (Å²) < 4.78 is 1.98. The number of benzene rings is 1. The molecule has 2 N–H and O–H groups in total. The van der Waals surface area contributed by atoms with Crippen molar-refractivity contribution in [2.45, 2.75) is 45.1 Å². The van der Waals surface area contributed by atoms with E-state index >= 15 is 0 Å². The average molecular weight is 367 g/mol. The van der Waals surface area contributed by atoms with Crippen LogP contribution < -0.4 is 15.5 Å². The highest BCUT2D eigenvalue weighted by Gasteiger charge is 2.32. The molecule has 7 nitrogen and oxygen atoms in total. The summed E-state index contributed by atoms with van der Waals surface area (Å²) in [6.45, 7) is 7.54. The van der Waals surface area contributed by atoms with Crippen LogP contribution in [-0.2, 0) is 5.54 Å². The first-order chi connectivity index (χ1) is 12.8. The molecular formula is C20H25N5O2. The molecule has 2 aliphatic rings. The van der Waals surface area contributed by atoms with Gasteiger partial charge in [0.2, 0.25) is 0 Å². The molecule has 0 spiro atoms. The Balaban J connectivity index is 1.55. The monoisotopic (exact) mass is 367 g/mol. The number of nitrogens with zero attached hydrogens (tertiary/aromatic N) is 3. The Morgan fingerprint density at radius 1 is 1.26 bits per heavy atom. The highest BCUT2D eigenvalue weighted by atomic mass is 16.2.